The third kappa shape index (κ3) is 11.7. The summed E-state index contributed by atoms with van der Waals surface area (Å²) in [5.41, 5.74) is -0.238. The maximum atomic E-state index is 13.6. The molecule has 7 aliphatic rings. The van der Waals surface area contributed by atoms with E-state index in [9.17, 15) is 42.0 Å². The van der Waals surface area contributed by atoms with Crippen LogP contribution in [0.2, 0.25) is 0 Å². The first kappa shape index (κ1) is 46.8. The van der Waals surface area contributed by atoms with Crippen molar-refractivity contribution in [2.24, 2.45) is 29.6 Å². The van der Waals surface area contributed by atoms with Crippen molar-refractivity contribution in [2.75, 3.05) is 57.9 Å². The lowest BCUT2D eigenvalue weighted by atomic mass is 9.79. The largest absolute Gasteiger partial charge is 0.377 e. The summed E-state index contributed by atoms with van der Waals surface area (Å²) in [5, 5.41) is 15.0. The quantitative estimate of drug-likeness (QED) is 0.0985. The number of rotatable bonds is 17. The number of hydrogen-bond donors (Lipinski definition) is 5. The van der Waals surface area contributed by atoms with Gasteiger partial charge in [-0.2, -0.15) is 0 Å². The molecule has 0 aromatic carbocycles. The first-order valence-electron chi connectivity index (χ1n) is 23.0. The molecule has 5 N–H and O–H groups in total. The van der Waals surface area contributed by atoms with Crippen molar-refractivity contribution in [3.63, 3.8) is 0 Å². The highest BCUT2D eigenvalue weighted by molar-refractivity contribution is 8.00. The lowest BCUT2D eigenvalue weighted by molar-refractivity contribution is -0.151. The van der Waals surface area contributed by atoms with Crippen LogP contribution in [-0.4, -0.2) is 151 Å². The highest BCUT2D eigenvalue weighted by atomic mass is 32.2. The Balaban J connectivity index is 0.792. The number of carbonyl (C=O) groups is 7. The van der Waals surface area contributed by atoms with Gasteiger partial charge in [0.15, 0.2) is 0 Å². The first-order valence-corrected chi connectivity index (χ1v) is 25.9. The van der Waals surface area contributed by atoms with E-state index in [0.29, 0.717) is 89.4 Å². The van der Waals surface area contributed by atoms with Crippen molar-refractivity contribution in [3.8, 4) is 0 Å². The molecule has 8 atom stereocenters. The second-order valence-electron chi connectivity index (χ2n) is 18.5. The summed E-state index contributed by atoms with van der Waals surface area (Å²) in [6.07, 6.45) is 12.4. The normalized spacial score (nSPS) is 31.2. The summed E-state index contributed by atoms with van der Waals surface area (Å²) in [5.74, 6) is -2.28. The molecule has 62 heavy (non-hydrogen) atoms. The monoisotopic (exact) mass is 906 g/mol. The van der Waals surface area contributed by atoms with E-state index in [-0.39, 0.29) is 73.0 Å². The number of hydrogen-bond acceptors (Lipinski definition) is 13. The zero-order valence-electron chi connectivity index (χ0n) is 36.0. The fourth-order valence-corrected chi connectivity index (χ4v) is 12.7. The number of nitrogens with zero attached hydrogens (tertiary/aromatic N) is 3. The van der Waals surface area contributed by atoms with Gasteiger partial charge in [-0.25, -0.2) is 12.7 Å². The highest BCUT2D eigenvalue weighted by Crippen LogP contribution is 2.41. The Bertz CT molecular complexity index is 1790. The number of fused-ring (bicyclic) bond motifs is 1. The average molecular weight is 907 g/mol. The van der Waals surface area contributed by atoms with E-state index in [4.69, 9.17) is 4.74 Å². The van der Waals surface area contributed by atoms with Gasteiger partial charge in [-0.15, -0.1) is 11.8 Å². The highest BCUT2D eigenvalue weighted by Gasteiger charge is 2.54. The molecule has 0 aromatic heterocycles. The molecular weight excluding hydrogens is 841 g/mol. The lowest BCUT2D eigenvalue weighted by Gasteiger charge is -2.33. The molecule has 0 spiro atoms. The Morgan fingerprint density at radius 3 is 2.34 bits per heavy atom. The number of ether oxygens (including phenoxy) is 1. The molecule has 7 rings (SSSR count). The number of amides is 7. The van der Waals surface area contributed by atoms with Gasteiger partial charge in [0.2, 0.25) is 51.4 Å². The van der Waals surface area contributed by atoms with Crippen LogP contribution in [0.4, 0.5) is 0 Å². The van der Waals surface area contributed by atoms with E-state index < -0.39 is 51.7 Å². The summed E-state index contributed by atoms with van der Waals surface area (Å²) in [6, 6.07) is -1.36. The summed E-state index contributed by atoms with van der Waals surface area (Å²) in [7, 11) is -3.41. The van der Waals surface area contributed by atoms with Crippen LogP contribution in [-0.2, 0) is 48.3 Å². The SMILES string of the molecule is CS(=O)(=O)N1CCC(C(=O)N[C@@H](CCCCNC(=O)C2CCN(CCOC3CCC4C(=O)N(C5CCC(=O)NC5=O)C(=O)C4C3)CC2)C(=O)NC2NC(C3CCCCC3)CS2)C1. The molecule has 5 heterocycles. The number of sulfonamides is 1. The van der Waals surface area contributed by atoms with Crippen LogP contribution in [0.15, 0.2) is 0 Å². The van der Waals surface area contributed by atoms with E-state index in [1.54, 1.807) is 11.8 Å². The van der Waals surface area contributed by atoms with Crippen LogP contribution in [0.5, 0.6) is 0 Å². The van der Waals surface area contributed by atoms with Crippen LogP contribution >= 0.6 is 11.8 Å². The van der Waals surface area contributed by atoms with Crippen molar-refractivity contribution in [2.45, 2.75) is 132 Å². The minimum atomic E-state index is -3.41. The molecule has 5 saturated heterocycles. The van der Waals surface area contributed by atoms with Gasteiger partial charge in [-0.05, 0) is 96.1 Å². The predicted molar refractivity (Wildman–Crippen MR) is 229 cm³/mol. The molecular formula is C42H66N8O10S2. The average Bonchev–Trinajstić information content (AvgIpc) is 4.00. The Morgan fingerprint density at radius 2 is 1.61 bits per heavy atom. The fraction of sp³-hybridized carbons (Fsp3) is 0.833. The van der Waals surface area contributed by atoms with Crippen molar-refractivity contribution in [3.05, 3.63) is 0 Å². The smallest absolute Gasteiger partial charge is 0.249 e. The second-order valence-corrected chi connectivity index (χ2v) is 21.6. The van der Waals surface area contributed by atoms with Gasteiger partial charge < -0.3 is 25.6 Å². The van der Waals surface area contributed by atoms with Gasteiger partial charge in [0.25, 0.3) is 0 Å². The minimum absolute atomic E-state index is 0.0101. The van der Waals surface area contributed by atoms with Crippen molar-refractivity contribution in [1.82, 2.24) is 40.7 Å². The standard InChI is InChI=1S/C42H66N8O10S2/c1-62(58,59)49-20-16-28(24-49)37(53)44-32(38(54)47-42-45-33(25-61-42)26-7-3-2-4-8-26)9-5-6-17-43-36(52)27-14-18-48(19-15-27)21-22-60-29-10-11-30-31(23-29)41(57)50(40(30)56)34-12-13-35(51)46-39(34)55/h26-34,42,45H,2-25H2,1H3,(H,43,52)(H,44,53)(H,47,54)(H,46,51,55)/t28?,29?,30?,31?,32-,33?,34?,42?/m0/s1. The van der Waals surface area contributed by atoms with Crippen LogP contribution in [0.3, 0.4) is 0 Å². The fourth-order valence-electron chi connectivity index (χ4n) is 10.6. The van der Waals surface area contributed by atoms with Crippen molar-refractivity contribution < 1.29 is 46.7 Å². The van der Waals surface area contributed by atoms with Crippen LogP contribution in [0, 0.1) is 29.6 Å². The number of imide groups is 2. The van der Waals surface area contributed by atoms with Gasteiger partial charge in [-0.1, -0.05) is 19.3 Å². The number of likely N-dealkylation sites (tertiary alicyclic amines) is 2. The van der Waals surface area contributed by atoms with Gasteiger partial charge in [0, 0.05) is 50.3 Å². The summed E-state index contributed by atoms with van der Waals surface area (Å²) < 4.78 is 31.6. The molecule has 18 nitrogen and oxygen atoms in total. The van der Waals surface area contributed by atoms with Gasteiger partial charge in [0.05, 0.1) is 36.7 Å². The van der Waals surface area contributed by atoms with E-state index >= 15 is 0 Å². The van der Waals surface area contributed by atoms with Crippen LogP contribution in [0.1, 0.15) is 103 Å². The van der Waals surface area contributed by atoms with Gasteiger partial charge in [0.1, 0.15) is 17.6 Å². The molecule has 346 valence electrons. The van der Waals surface area contributed by atoms with Gasteiger partial charge in [-0.3, -0.25) is 49.1 Å². The Labute approximate surface area is 369 Å². The lowest BCUT2D eigenvalue weighted by Crippen LogP contribution is -2.54. The third-order valence-electron chi connectivity index (χ3n) is 14.3. The molecule has 0 bridgehead atoms. The van der Waals surface area contributed by atoms with Crippen molar-refractivity contribution in [1.29, 1.82) is 0 Å². The third-order valence-corrected chi connectivity index (χ3v) is 16.7. The topological polar surface area (TPSA) is 233 Å². The summed E-state index contributed by atoms with van der Waals surface area (Å²) >= 11 is 1.68. The van der Waals surface area contributed by atoms with Gasteiger partial charge >= 0.3 is 0 Å². The number of nitrogens with one attached hydrogen (secondary N) is 5. The molecule has 0 aromatic rings. The summed E-state index contributed by atoms with van der Waals surface area (Å²) in [4.78, 5) is 93.9. The number of thioether (sulfide) groups is 1. The van der Waals surface area contributed by atoms with Crippen LogP contribution < -0.4 is 26.6 Å². The molecule has 5 aliphatic heterocycles. The van der Waals surface area contributed by atoms with Crippen molar-refractivity contribution >= 4 is 63.1 Å². The molecule has 2 saturated carbocycles. The predicted octanol–water partition coefficient (Wildman–Crippen LogP) is 0.412. The Morgan fingerprint density at radius 1 is 0.871 bits per heavy atom. The maximum Gasteiger partial charge on any atom is 0.249 e. The molecule has 0 radical (unpaired) electrons. The van der Waals surface area contributed by atoms with E-state index in [1.165, 1.54) is 36.4 Å². The molecule has 7 amide bonds. The Kier molecular flexibility index (Phi) is 16.0. The zero-order valence-corrected chi connectivity index (χ0v) is 37.6. The Hall–Kier alpha value is -3.17. The van der Waals surface area contributed by atoms with E-state index in [0.717, 1.165) is 30.0 Å². The number of piperidine rings is 2. The molecule has 7 fully saturated rings. The molecule has 20 heteroatoms. The molecule has 2 aliphatic carbocycles. The first-order chi connectivity index (χ1) is 29.7. The number of unbranched alkanes of at least 4 members (excludes halogenated alkanes) is 1. The summed E-state index contributed by atoms with van der Waals surface area (Å²) in [6.45, 7) is 3.48. The molecule has 7 unspecified atom stereocenters. The number of carbonyl (C=O) groups excluding carboxylic acids is 7. The zero-order chi connectivity index (χ0) is 44.0. The van der Waals surface area contributed by atoms with E-state index in [2.05, 4.69) is 31.5 Å². The maximum absolute atomic E-state index is 13.6. The second kappa shape index (κ2) is 21.2. The van der Waals surface area contributed by atoms with Crippen LogP contribution in [0.25, 0.3) is 0 Å². The van der Waals surface area contributed by atoms with E-state index in [1.807, 2.05) is 0 Å². The minimum Gasteiger partial charge on any atom is -0.377 e.